The van der Waals surface area contributed by atoms with Crippen LogP contribution in [0.15, 0.2) is 69.6 Å². The summed E-state index contributed by atoms with van der Waals surface area (Å²) >= 11 is 12.0. The van der Waals surface area contributed by atoms with Gasteiger partial charge in [0.1, 0.15) is 10.3 Å². The Kier molecular flexibility index (Phi) is 3.81. The van der Waals surface area contributed by atoms with E-state index in [9.17, 15) is 0 Å². The second-order valence-electron chi connectivity index (χ2n) is 5.00. The highest BCUT2D eigenvalue weighted by atomic mass is 35.5. The minimum absolute atomic E-state index is 0.352. The van der Waals surface area contributed by atoms with Crippen LogP contribution in [0.1, 0.15) is 0 Å². The molecule has 6 heteroatoms. The summed E-state index contributed by atoms with van der Waals surface area (Å²) in [6.07, 6.45) is 0. The Balaban J connectivity index is 1.74. The highest BCUT2D eigenvalue weighted by molar-refractivity contribution is 8.28. The lowest BCUT2D eigenvalue weighted by Gasteiger charge is -2.13. The largest absolute Gasteiger partial charge is 0.250 e. The number of benzene rings is 2. The highest BCUT2D eigenvalue weighted by Gasteiger charge is 2.21. The van der Waals surface area contributed by atoms with Crippen molar-refractivity contribution in [2.75, 3.05) is 0 Å². The molecule has 0 saturated heterocycles. The van der Waals surface area contributed by atoms with Crippen LogP contribution in [-0.4, -0.2) is 15.5 Å². The Bertz CT molecular complexity index is 893. The van der Waals surface area contributed by atoms with Gasteiger partial charge in [-0.2, -0.15) is 0 Å². The molecule has 0 spiro atoms. The number of nitrogens with zero attached hydrogens (tertiary/aromatic N) is 3. The molecule has 0 aliphatic carbocycles. The summed E-state index contributed by atoms with van der Waals surface area (Å²) in [6, 6.07) is 18.1. The van der Waals surface area contributed by atoms with Gasteiger partial charge in [-0.25, -0.2) is 15.0 Å². The summed E-state index contributed by atoms with van der Waals surface area (Å²) in [5.41, 5.74) is 5.17. The third-order valence-corrected chi connectivity index (χ3v) is 5.78. The van der Waals surface area contributed by atoms with Gasteiger partial charge in [-0.1, -0.05) is 59.6 Å². The van der Waals surface area contributed by atoms with Gasteiger partial charge in [0.2, 0.25) is 0 Å². The second kappa shape index (κ2) is 5.96. The molecule has 0 radical (unpaired) electrons. The molecule has 0 saturated carbocycles. The van der Waals surface area contributed by atoms with Gasteiger partial charge in [0, 0.05) is 11.0 Å². The van der Waals surface area contributed by atoms with Crippen LogP contribution in [-0.2, 0) is 0 Å². The van der Waals surface area contributed by atoms with Crippen molar-refractivity contribution >= 4 is 45.3 Å². The maximum atomic E-state index is 5.99. The summed E-state index contributed by atoms with van der Waals surface area (Å²) in [6.45, 7) is 0. The topological polar surface area (TPSA) is 38.1 Å². The summed E-state index contributed by atoms with van der Waals surface area (Å²) in [7, 11) is -0.853. The number of hydrogen-bond donors (Lipinski definition) is 1. The van der Waals surface area contributed by atoms with E-state index in [1.807, 2.05) is 23.7 Å². The number of rotatable bonds is 2. The predicted molar refractivity (Wildman–Crippen MR) is 97.6 cm³/mol. The van der Waals surface area contributed by atoms with Gasteiger partial charge in [-0.05, 0) is 23.3 Å². The van der Waals surface area contributed by atoms with Crippen molar-refractivity contribution < 1.29 is 0 Å². The van der Waals surface area contributed by atoms with E-state index in [0.29, 0.717) is 15.5 Å². The lowest BCUT2D eigenvalue weighted by molar-refractivity contribution is 0.966. The molecule has 1 aliphatic heterocycles. The first-order valence-corrected chi connectivity index (χ1v) is 9.10. The number of aromatic nitrogens is 2. The fourth-order valence-electron chi connectivity index (χ4n) is 2.47. The number of fused-ring (bicyclic) bond motifs is 1. The number of hydrogen-bond acceptors (Lipinski definition) is 3. The van der Waals surface area contributed by atoms with Crippen molar-refractivity contribution in [2.45, 2.75) is 10.1 Å². The minimum atomic E-state index is -0.853. The Morgan fingerprint density at radius 2 is 1.52 bits per heavy atom. The summed E-state index contributed by atoms with van der Waals surface area (Å²) in [5.74, 6) is 0. The van der Waals surface area contributed by atoms with Crippen LogP contribution in [0.3, 0.4) is 0 Å². The Labute approximate surface area is 146 Å². The third-order valence-electron chi connectivity index (χ3n) is 3.52. The van der Waals surface area contributed by atoms with Crippen LogP contribution in [0.2, 0.25) is 10.3 Å². The summed E-state index contributed by atoms with van der Waals surface area (Å²) in [4.78, 5) is 14.3. The predicted octanol–water partition coefficient (Wildman–Crippen LogP) is 5.54. The van der Waals surface area contributed by atoms with Crippen molar-refractivity contribution in [2.24, 2.45) is 4.99 Å². The quantitative estimate of drug-likeness (QED) is 0.370. The average Bonchev–Trinajstić information content (AvgIpc) is 2.98. The van der Waals surface area contributed by atoms with E-state index in [2.05, 4.69) is 45.3 Å². The zero-order valence-corrected chi connectivity index (χ0v) is 14.2. The minimum Gasteiger partial charge on any atom is -0.250 e. The second-order valence-corrected chi connectivity index (χ2v) is 7.62. The molecular weight excluding hydrogens is 349 g/mol. The summed E-state index contributed by atoms with van der Waals surface area (Å²) < 4.78 is 0. The van der Waals surface area contributed by atoms with Crippen LogP contribution in [0.5, 0.6) is 0 Å². The van der Waals surface area contributed by atoms with Gasteiger partial charge >= 0.3 is 0 Å². The maximum Gasteiger partial charge on any atom is 0.179 e. The fraction of sp³-hybridized carbons (Fsp3) is 0. The van der Waals surface area contributed by atoms with Crippen LogP contribution in [0.25, 0.3) is 11.1 Å². The zero-order valence-electron chi connectivity index (χ0n) is 11.8. The highest BCUT2D eigenvalue weighted by Crippen LogP contribution is 2.51. The van der Waals surface area contributed by atoms with Crippen LogP contribution < -0.4 is 0 Å². The number of aliphatic imine (C=N–C) groups is 1. The molecule has 1 unspecified atom stereocenters. The third kappa shape index (κ3) is 2.85. The molecule has 1 aromatic heterocycles. The number of halogens is 2. The van der Waals surface area contributed by atoms with Gasteiger partial charge < -0.3 is 0 Å². The molecule has 0 N–H and O–H groups in total. The van der Waals surface area contributed by atoms with Crippen molar-refractivity contribution in [3.05, 3.63) is 64.9 Å². The smallest absolute Gasteiger partial charge is 0.179 e. The van der Waals surface area contributed by atoms with Crippen LogP contribution in [0, 0.1) is 0 Å². The number of thiol groups is 1. The van der Waals surface area contributed by atoms with Crippen molar-refractivity contribution in [3.63, 3.8) is 0 Å². The molecule has 1 atom stereocenters. The van der Waals surface area contributed by atoms with E-state index in [0.717, 1.165) is 16.1 Å². The monoisotopic (exact) mass is 359 g/mol. The van der Waals surface area contributed by atoms with E-state index in [-0.39, 0.29) is 0 Å². The first-order valence-electron chi connectivity index (χ1n) is 6.94. The van der Waals surface area contributed by atoms with Crippen LogP contribution in [0.4, 0.5) is 5.69 Å². The average molecular weight is 360 g/mol. The summed E-state index contributed by atoms with van der Waals surface area (Å²) in [5, 5.41) is 1.34. The fourth-order valence-corrected chi connectivity index (χ4v) is 4.73. The molecule has 0 bridgehead atoms. The van der Waals surface area contributed by atoms with Gasteiger partial charge in [0.05, 0.1) is 11.2 Å². The van der Waals surface area contributed by atoms with E-state index < -0.39 is 10.9 Å². The molecule has 23 heavy (non-hydrogen) atoms. The van der Waals surface area contributed by atoms with Gasteiger partial charge in [0.15, 0.2) is 5.16 Å². The molecule has 3 nitrogen and oxygen atoms in total. The molecular formula is C17H11Cl2N3S. The maximum absolute atomic E-state index is 5.99. The van der Waals surface area contributed by atoms with Crippen LogP contribution >= 0.6 is 34.1 Å². The van der Waals surface area contributed by atoms with Crippen molar-refractivity contribution in [1.82, 2.24) is 9.97 Å². The van der Waals surface area contributed by atoms with Gasteiger partial charge in [-0.15, -0.1) is 10.9 Å². The molecule has 114 valence electrons. The Morgan fingerprint density at radius 1 is 0.783 bits per heavy atom. The molecule has 4 rings (SSSR count). The van der Waals surface area contributed by atoms with Gasteiger partial charge in [0.25, 0.3) is 0 Å². The van der Waals surface area contributed by atoms with Crippen molar-refractivity contribution in [3.8, 4) is 11.1 Å². The standard InChI is InChI=1S/C17H11Cl2N3S/c18-15-9-16(19)22-17(21-15)23-10-20-13-8-12(6-7-14(13)23)11-4-2-1-3-5-11/h1-10,23H. The van der Waals surface area contributed by atoms with E-state index in [4.69, 9.17) is 23.2 Å². The molecule has 2 aromatic carbocycles. The first kappa shape index (κ1) is 14.7. The molecule has 0 amide bonds. The zero-order chi connectivity index (χ0) is 15.8. The van der Waals surface area contributed by atoms with E-state index in [1.54, 1.807) is 0 Å². The first-order chi connectivity index (χ1) is 11.2. The molecule has 3 aromatic rings. The molecule has 0 fully saturated rings. The van der Waals surface area contributed by atoms with Gasteiger partial charge in [-0.3, -0.25) is 0 Å². The van der Waals surface area contributed by atoms with Crippen molar-refractivity contribution in [1.29, 1.82) is 0 Å². The normalized spacial score (nSPS) is 17.2. The molecule has 2 heterocycles. The molecule has 1 aliphatic rings. The Morgan fingerprint density at radius 3 is 2.26 bits per heavy atom. The lowest BCUT2D eigenvalue weighted by Crippen LogP contribution is -1.93. The lowest BCUT2D eigenvalue weighted by atomic mass is 10.1. The Hall–Kier alpha value is -1.88. The van der Waals surface area contributed by atoms with E-state index >= 15 is 0 Å². The van der Waals surface area contributed by atoms with E-state index in [1.165, 1.54) is 11.6 Å². The SMILES string of the molecule is Clc1cc(Cl)nc([SH]2C=Nc3cc(-c4ccccc4)ccc32)n1.